The fourth-order valence-electron chi connectivity index (χ4n) is 7.45. The summed E-state index contributed by atoms with van der Waals surface area (Å²) >= 11 is 0. The van der Waals surface area contributed by atoms with E-state index < -0.39 is 4.92 Å². The molecule has 0 saturated heterocycles. The molecule has 2 heterocycles. The molecule has 1 unspecified atom stereocenters. The lowest BCUT2D eigenvalue weighted by Crippen LogP contribution is -2.25. The highest BCUT2D eigenvalue weighted by atomic mass is 31.0. The number of nitrogens with two attached hydrogens (primary N) is 1. The molecule has 0 saturated carbocycles. The van der Waals surface area contributed by atoms with E-state index in [0.717, 1.165) is 50.0 Å². The Bertz CT molecular complexity index is 2890. The maximum absolute atomic E-state index is 13.3. The summed E-state index contributed by atoms with van der Waals surface area (Å²) in [7, 11) is 0. The molecule has 2 N–H and O–H groups in total. The normalized spacial score (nSPS) is 11.4. The molecule has 8 aromatic rings. The van der Waals surface area contributed by atoms with Crippen LogP contribution in [0.5, 0.6) is 0 Å². The van der Waals surface area contributed by atoms with Crippen LogP contribution in [0.3, 0.4) is 0 Å². The van der Waals surface area contributed by atoms with Gasteiger partial charge in [-0.05, 0) is 80.6 Å². The van der Waals surface area contributed by atoms with Gasteiger partial charge in [0.2, 0.25) is 0 Å². The van der Waals surface area contributed by atoms with Gasteiger partial charge in [0.25, 0.3) is 5.69 Å². The molecule has 0 amide bonds. The van der Waals surface area contributed by atoms with Gasteiger partial charge in [-0.15, -0.1) is 0 Å². The Morgan fingerprint density at radius 3 is 0.984 bits per heavy atom. The van der Waals surface area contributed by atoms with Crippen molar-refractivity contribution >= 4 is 43.3 Å². The van der Waals surface area contributed by atoms with E-state index >= 15 is 0 Å². The van der Waals surface area contributed by atoms with Crippen LogP contribution in [-0.4, -0.2) is 23.2 Å². The Labute approximate surface area is 367 Å². The molecule has 1 atom stereocenters. The molecule has 8 rings (SSSR count). The molecule has 0 fully saturated rings. The second-order valence-electron chi connectivity index (χ2n) is 17.4. The third-order valence-electron chi connectivity index (χ3n) is 11.0. The molecular formula is C51H59N6O4P. The maximum atomic E-state index is 13.3. The highest BCUT2D eigenvalue weighted by molar-refractivity contribution is 6.92. The number of hydrogen-bond acceptors (Lipinski definition) is 5. The van der Waals surface area contributed by atoms with Crippen molar-refractivity contribution in [3.63, 3.8) is 0 Å². The molecule has 0 radical (unpaired) electrons. The van der Waals surface area contributed by atoms with Gasteiger partial charge in [0.15, 0.2) is 0 Å². The predicted octanol–water partition coefficient (Wildman–Crippen LogP) is 10.6. The molecule has 2 aromatic heterocycles. The van der Waals surface area contributed by atoms with Crippen LogP contribution in [0.25, 0.3) is 22.1 Å². The number of para-hydroxylation sites is 4. The zero-order valence-corrected chi connectivity index (χ0v) is 37.3. The minimum absolute atomic E-state index is 0. The summed E-state index contributed by atoms with van der Waals surface area (Å²) in [6, 6.07) is 46.7. The lowest BCUT2D eigenvalue weighted by molar-refractivity contribution is -0.384. The summed E-state index contributed by atoms with van der Waals surface area (Å²) in [6.45, 7) is 15.1. The number of nitro groups is 1. The van der Waals surface area contributed by atoms with E-state index in [4.69, 9.17) is 5.73 Å². The lowest BCUT2D eigenvalue weighted by Gasteiger charge is -2.19. The molecule has 6 aromatic carbocycles. The second-order valence-corrected chi connectivity index (χ2v) is 17.4. The minimum Gasteiger partial charge on any atom is -0.399 e. The molecule has 0 bridgehead atoms. The highest BCUT2D eigenvalue weighted by Crippen LogP contribution is 2.25. The van der Waals surface area contributed by atoms with Crippen LogP contribution < -0.4 is 17.1 Å². The number of aromatic nitrogens is 4. The number of fused-ring (bicyclic) bond motifs is 2. The van der Waals surface area contributed by atoms with Gasteiger partial charge >= 0.3 is 11.4 Å². The summed E-state index contributed by atoms with van der Waals surface area (Å²) in [5, 5.41) is 10.9. The number of rotatable bonds is 9. The number of imidazole rings is 2. The Morgan fingerprint density at radius 2 is 0.726 bits per heavy atom. The van der Waals surface area contributed by atoms with E-state index in [1.165, 1.54) is 23.3 Å². The topological polar surface area (TPSA) is 123 Å². The molecule has 10 nitrogen and oxygen atoms in total. The molecule has 0 spiro atoms. The van der Waals surface area contributed by atoms with Crippen molar-refractivity contribution in [1.82, 2.24) is 18.3 Å². The van der Waals surface area contributed by atoms with Gasteiger partial charge in [0.1, 0.15) is 0 Å². The Balaban J connectivity index is 0.000000227. The van der Waals surface area contributed by atoms with Crippen LogP contribution in [0.2, 0.25) is 0 Å². The average molecular weight is 851 g/mol. The first-order valence-corrected chi connectivity index (χ1v) is 20.2. The molecule has 0 aliphatic heterocycles. The third kappa shape index (κ3) is 10.3. The largest absolute Gasteiger partial charge is 0.399 e. The molecule has 62 heavy (non-hydrogen) atoms. The first kappa shape index (κ1) is 46.6. The molecule has 11 heteroatoms. The second kappa shape index (κ2) is 19.0. The quantitative estimate of drug-likeness (QED) is 0.0670. The molecule has 0 aliphatic rings. The smallest absolute Gasteiger partial charge is 0.329 e. The summed E-state index contributed by atoms with van der Waals surface area (Å²) in [6.07, 6.45) is 0. The summed E-state index contributed by atoms with van der Waals surface area (Å²) in [5.74, 6) is 0. The molecular weight excluding hydrogens is 792 g/mol. The van der Waals surface area contributed by atoms with Crippen LogP contribution >= 0.6 is 9.90 Å². The number of benzene rings is 6. The third-order valence-corrected chi connectivity index (χ3v) is 11.0. The number of nitrogens with zero attached hydrogens (tertiary/aromatic N) is 5. The van der Waals surface area contributed by atoms with E-state index in [-0.39, 0.29) is 45.2 Å². The molecule has 0 aliphatic carbocycles. The van der Waals surface area contributed by atoms with Crippen LogP contribution in [-0.2, 0) is 37.0 Å². The van der Waals surface area contributed by atoms with Crippen molar-refractivity contribution in [2.24, 2.45) is 0 Å². The van der Waals surface area contributed by atoms with Gasteiger partial charge in [-0.1, -0.05) is 146 Å². The Hall–Kier alpha value is -6.51. The Morgan fingerprint density at radius 1 is 0.468 bits per heavy atom. The van der Waals surface area contributed by atoms with Gasteiger partial charge in [-0.25, -0.2) is 9.59 Å². The van der Waals surface area contributed by atoms with E-state index in [9.17, 15) is 19.7 Å². The molecule has 322 valence electrons. The van der Waals surface area contributed by atoms with Gasteiger partial charge in [0, 0.05) is 17.8 Å². The van der Waals surface area contributed by atoms with Crippen LogP contribution in [0.15, 0.2) is 155 Å². The average Bonchev–Trinajstić information content (AvgIpc) is 3.63. The van der Waals surface area contributed by atoms with Crippen molar-refractivity contribution in [2.45, 2.75) is 86.0 Å². The van der Waals surface area contributed by atoms with Gasteiger partial charge < -0.3 is 5.73 Å². The van der Waals surface area contributed by atoms with E-state index in [2.05, 4.69) is 90.1 Å². The van der Waals surface area contributed by atoms with Crippen molar-refractivity contribution in [3.8, 4) is 0 Å². The van der Waals surface area contributed by atoms with Gasteiger partial charge in [0.05, 0.1) is 53.2 Å². The van der Waals surface area contributed by atoms with E-state index in [1.54, 1.807) is 21.3 Å². The van der Waals surface area contributed by atoms with Crippen LogP contribution in [0, 0.1) is 10.1 Å². The minimum atomic E-state index is -0.424. The first-order chi connectivity index (χ1) is 28.6. The fourth-order valence-corrected chi connectivity index (χ4v) is 7.45. The summed E-state index contributed by atoms with van der Waals surface area (Å²) in [4.78, 5) is 37.1. The fraction of sp³-hybridized carbons (Fsp3) is 0.255. The van der Waals surface area contributed by atoms with Gasteiger partial charge in [-0.2, -0.15) is 9.90 Å². The summed E-state index contributed by atoms with van der Waals surface area (Å²) < 4.78 is 7.20. The maximum Gasteiger partial charge on any atom is 0.329 e. The number of non-ortho nitro benzene ring substituents is 1. The number of anilines is 1. The van der Waals surface area contributed by atoms with Crippen molar-refractivity contribution in [2.75, 3.05) is 5.73 Å². The van der Waals surface area contributed by atoms with E-state index in [0.29, 0.717) is 26.2 Å². The first-order valence-electron chi connectivity index (χ1n) is 20.2. The Kier molecular flexibility index (Phi) is 14.3. The van der Waals surface area contributed by atoms with Crippen LogP contribution in [0.4, 0.5) is 11.4 Å². The zero-order valence-electron chi connectivity index (χ0n) is 35.8. The predicted molar refractivity (Wildman–Crippen MR) is 261 cm³/mol. The highest BCUT2D eigenvalue weighted by Gasteiger charge is 2.18. The lowest BCUT2D eigenvalue weighted by atomic mass is 9.87. The number of hydrogen-bond donors (Lipinski definition) is 1. The number of nitrogen functional groups attached to an aromatic ring is 1. The van der Waals surface area contributed by atoms with Crippen molar-refractivity contribution in [3.05, 3.63) is 210 Å². The van der Waals surface area contributed by atoms with Crippen molar-refractivity contribution < 1.29 is 4.92 Å². The van der Waals surface area contributed by atoms with Crippen molar-refractivity contribution in [1.29, 1.82) is 0 Å². The SMILES string of the molecule is C.CC(C)(C)c1ccc(Cn2c(=O)n(Cc3ccc(N)cc3)c3ccccc32)cc1.CC(C)(C)c1ccc(Cn2c(=O)n(Cc3ccc([N+](=O)[O-])cc3)c3ccccc32)cc1.P. The van der Waals surface area contributed by atoms with Gasteiger partial charge in [-0.3, -0.25) is 28.4 Å². The summed E-state index contributed by atoms with van der Waals surface area (Å²) in [5.41, 5.74) is 16.9. The van der Waals surface area contributed by atoms with Crippen LogP contribution in [0.1, 0.15) is 82.3 Å². The van der Waals surface area contributed by atoms with E-state index in [1.807, 2.05) is 81.9 Å². The monoisotopic (exact) mass is 850 g/mol. The number of nitro benzene ring substituents is 1. The zero-order chi connectivity index (χ0) is 42.8. The standard InChI is InChI=1S/C25H25N3O3.C25H27N3O.CH4.H3P/c1-25(2,3)20-12-8-18(9-13-20)16-26-22-6-4-5-7-23(22)27(24(26)29)17-19-10-14-21(15-11-19)28(30)31;1-25(2,3)20-12-8-18(9-13-20)16-27-22-6-4-5-7-23(22)28(24(27)29)17-19-10-14-21(26)15-11-19;;/h4-15H,16-17H2,1-3H3;4-15H,16-17,26H2,1-3H3;1H4;1H3.